The van der Waals surface area contributed by atoms with Crippen LogP contribution in [0.1, 0.15) is 41.9 Å². The van der Waals surface area contributed by atoms with Gasteiger partial charge in [0, 0.05) is 31.1 Å². The third kappa shape index (κ3) is 6.68. The second kappa shape index (κ2) is 11.3. The molecule has 6 heteroatoms. The summed E-state index contributed by atoms with van der Waals surface area (Å²) in [7, 11) is 0. The first-order chi connectivity index (χ1) is 15.1. The maximum atomic E-state index is 13.1. The van der Waals surface area contributed by atoms with Gasteiger partial charge in [-0.1, -0.05) is 30.2 Å². The van der Waals surface area contributed by atoms with Crippen molar-refractivity contribution in [2.75, 3.05) is 13.2 Å². The number of aliphatic hydroxyl groups is 1. The van der Waals surface area contributed by atoms with Crippen molar-refractivity contribution < 1.29 is 23.8 Å². The van der Waals surface area contributed by atoms with Gasteiger partial charge in [-0.15, -0.1) is 6.42 Å². The van der Waals surface area contributed by atoms with Crippen LogP contribution in [0, 0.1) is 18.2 Å². The lowest BCUT2D eigenvalue weighted by Gasteiger charge is -2.29. The van der Waals surface area contributed by atoms with Crippen molar-refractivity contribution in [1.29, 1.82) is 0 Å². The Morgan fingerprint density at radius 3 is 2.61 bits per heavy atom. The maximum Gasteiger partial charge on any atom is 0.286 e. The van der Waals surface area contributed by atoms with Gasteiger partial charge in [-0.05, 0) is 54.3 Å². The molecular weight excluding hydrogens is 397 g/mol. The Bertz CT molecular complexity index is 931. The van der Waals surface area contributed by atoms with E-state index in [0.717, 1.165) is 16.7 Å². The lowest BCUT2D eigenvalue weighted by molar-refractivity contribution is -0.146. The molecular formula is C25H26FNO4. The van der Waals surface area contributed by atoms with Crippen LogP contribution in [0.15, 0.2) is 60.4 Å². The van der Waals surface area contributed by atoms with Crippen LogP contribution in [-0.2, 0) is 20.8 Å². The average molecular weight is 423 g/mol. The van der Waals surface area contributed by atoms with E-state index in [-0.39, 0.29) is 36.6 Å². The van der Waals surface area contributed by atoms with Crippen molar-refractivity contribution >= 4 is 5.91 Å². The van der Waals surface area contributed by atoms with Crippen molar-refractivity contribution in [1.82, 2.24) is 5.32 Å². The fourth-order valence-corrected chi connectivity index (χ4v) is 3.28. The van der Waals surface area contributed by atoms with Gasteiger partial charge in [-0.2, -0.15) is 0 Å². The van der Waals surface area contributed by atoms with E-state index in [4.69, 9.17) is 21.0 Å². The lowest BCUT2D eigenvalue weighted by Crippen LogP contribution is -2.32. The number of terminal acetylenes is 1. The van der Waals surface area contributed by atoms with Crippen molar-refractivity contribution in [3.63, 3.8) is 0 Å². The highest BCUT2D eigenvalue weighted by Crippen LogP contribution is 2.31. The van der Waals surface area contributed by atoms with Crippen LogP contribution in [-0.4, -0.2) is 30.5 Å². The Kier molecular flexibility index (Phi) is 8.22. The molecule has 2 aromatic carbocycles. The zero-order valence-corrected chi connectivity index (χ0v) is 17.2. The van der Waals surface area contributed by atoms with E-state index in [1.165, 1.54) is 12.1 Å². The largest absolute Gasteiger partial charge is 0.459 e. The molecule has 2 aromatic rings. The number of carbonyl (C=O) groups excluding carboxylic acids is 1. The second-order valence-electron chi connectivity index (χ2n) is 7.30. The molecule has 2 N–H and O–H groups in total. The number of unbranched alkanes of at least 4 members (excludes halogenated alkanes) is 1. The number of benzene rings is 2. The molecule has 1 amide bonds. The molecule has 0 fully saturated rings. The lowest BCUT2D eigenvalue weighted by atomic mass is 9.92. The van der Waals surface area contributed by atoms with Crippen molar-refractivity contribution in [2.24, 2.45) is 0 Å². The summed E-state index contributed by atoms with van der Waals surface area (Å²) in [5.74, 6) is 2.02. The van der Waals surface area contributed by atoms with E-state index in [2.05, 4.69) is 11.2 Å². The number of nitrogens with one attached hydrogen (secondary N) is 1. The van der Waals surface area contributed by atoms with Crippen LogP contribution in [0.5, 0.6) is 0 Å². The number of carbonyl (C=O) groups is 1. The molecule has 1 aliphatic rings. The summed E-state index contributed by atoms with van der Waals surface area (Å²) in [6.07, 6.45) is 8.56. The normalized spacial score (nSPS) is 17.9. The molecule has 0 bridgehead atoms. The predicted molar refractivity (Wildman–Crippen MR) is 115 cm³/mol. The van der Waals surface area contributed by atoms with Crippen LogP contribution in [0.2, 0.25) is 0 Å². The van der Waals surface area contributed by atoms with Gasteiger partial charge < -0.3 is 19.9 Å². The van der Waals surface area contributed by atoms with Gasteiger partial charge in [0.15, 0.2) is 5.76 Å². The summed E-state index contributed by atoms with van der Waals surface area (Å²) in [6.45, 7) is 0.789. The Morgan fingerprint density at radius 1 is 1.19 bits per heavy atom. The topological polar surface area (TPSA) is 67.8 Å². The van der Waals surface area contributed by atoms with Gasteiger partial charge in [0.05, 0.1) is 6.61 Å². The minimum atomic E-state index is -0.576. The molecule has 0 saturated heterocycles. The highest BCUT2D eigenvalue weighted by Gasteiger charge is 2.28. The standard InChI is InChI=1S/C25H26FNO4/c1-2-18-5-9-20(10-6-18)21-15-23(31-24(16-21)30-14-4-3-13-28)25(29)27-17-19-7-11-22(26)12-8-19/h1,5-12,15,21,24,28H,3-4,13-14,16-17H2,(H,27,29)/t21-,24+/m0/s1. The molecule has 0 spiro atoms. The summed E-state index contributed by atoms with van der Waals surface area (Å²) in [5, 5.41) is 11.7. The quantitative estimate of drug-likeness (QED) is 0.478. The number of hydrogen-bond acceptors (Lipinski definition) is 4. The molecule has 1 heterocycles. The van der Waals surface area contributed by atoms with Crippen molar-refractivity contribution in [3.8, 4) is 12.3 Å². The highest BCUT2D eigenvalue weighted by molar-refractivity contribution is 5.91. The first-order valence-corrected chi connectivity index (χ1v) is 10.3. The maximum absolute atomic E-state index is 13.1. The zero-order valence-electron chi connectivity index (χ0n) is 17.2. The minimum absolute atomic E-state index is 0.0741. The minimum Gasteiger partial charge on any atom is -0.459 e. The molecule has 1 aliphatic heterocycles. The number of amides is 1. The number of aliphatic hydroxyl groups excluding tert-OH is 1. The monoisotopic (exact) mass is 423 g/mol. The first kappa shape index (κ1) is 22.5. The summed E-state index contributed by atoms with van der Waals surface area (Å²) in [5.41, 5.74) is 2.58. The Labute approximate surface area is 181 Å². The van der Waals surface area contributed by atoms with Crippen LogP contribution in [0.4, 0.5) is 4.39 Å². The van der Waals surface area contributed by atoms with E-state index in [0.29, 0.717) is 25.9 Å². The molecule has 31 heavy (non-hydrogen) atoms. The Morgan fingerprint density at radius 2 is 1.94 bits per heavy atom. The first-order valence-electron chi connectivity index (χ1n) is 10.3. The number of allylic oxidation sites excluding steroid dienone is 1. The molecule has 5 nitrogen and oxygen atoms in total. The van der Waals surface area contributed by atoms with Crippen molar-refractivity contribution in [2.45, 2.75) is 38.0 Å². The fraction of sp³-hybridized carbons (Fsp3) is 0.320. The van der Waals surface area contributed by atoms with Crippen LogP contribution in [0.25, 0.3) is 0 Å². The van der Waals surface area contributed by atoms with Gasteiger partial charge in [0.1, 0.15) is 5.82 Å². The number of hydrogen-bond donors (Lipinski definition) is 2. The van der Waals surface area contributed by atoms with Gasteiger partial charge in [0.2, 0.25) is 6.29 Å². The molecule has 0 aliphatic carbocycles. The van der Waals surface area contributed by atoms with Crippen LogP contribution < -0.4 is 5.32 Å². The Balaban J connectivity index is 1.70. The summed E-state index contributed by atoms with van der Waals surface area (Å²) >= 11 is 0. The molecule has 162 valence electrons. The number of rotatable bonds is 9. The van der Waals surface area contributed by atoms with Gasteiger partial charge >= 0.3 is 0 Å². The molecule has 0 radical (unpaired) electrons. The van der Waals surface area contributed by atoms with Gasteiger partial charge in [-0.3, -0.25) is 4.79 Å². The molecule has 0 unspecified atom stereocenters. The van der Waals surface area contributed by atoms with E-state index < -0.39 is 6.29 Å². The summed E-state index contributed by atoms with van der Waals surface area (Å²) in [4.78, 5) is 12.7. The van der Waals surface area contributed by atoms with Crippen LogP contribution >= 0.6 is 0 Å². The summed E-state index contributed by atoms with van der Waals surface area (Å²) < 4.78 is 24.7. The average Bonchev–Trinajstić information content (AvgIpc) is 2.81. The third-order valence-corrected chi connectivity index (χ3v) is 5.01. The van der Waals surface area contributed by atoms with E-state index in [1.54, 1.807) is 18.2 Å². The smallest absolute Gasteiger partial charge is 0.286 e. The van der Waals surface area contributed by atoms with Crippen LogP contribution in [0.3, 0.4) is 0 Å². The number of ether oxygens (including phenoxy) is 2. The molecule has 0 aromatic heterocycles. The van der Waals surface area contributed by atoms with Crippen molar-refractivity contribution in [3.05, 3.63) is 82.9 Å². The van der Waals surface area contributed by atoms with E-state index in [1.807, 2.05) is 24.3 Å². The predicted octanol–water partition coefficient (Wildman–Crippen LogP) is 3.63. The molecule has 0 saturated carbocycles. The van der Waals surface area contributed by atoms with E-state index >= 15 is 0 Å². The third-order valence-electron chi connectivity index (χ3n) is 5.01. The zero-order chi connectivity index (χ0) is 22.1. The Hall–Kier alpha value is -3.14. The van der Waals surface area contributed by atoms with E-state index in [9.17, 15) is 9.18 Å². The molecule has 3 rings (SSSR count). The fourth-order valence-electron chi connectivity index (χ4n) is 3.28. The second-order valence-corrected chi connectivity index (χ2v) is 7.30. The van der Waals surface area contributed by atoms with Gasteiger partial charge in [0.25, 0.3) is 5.91 Å². The molecule has 2 atom stereocenters. The SMILES string of the molecule is C#Cc1ccc([C@H]2C=C(C(=O)NCc3ccc(F)cc3)O[C@@H](OCCCCO)C2)cc1. The van der Waals surface area contributed by atoms with Gasteiger partial charge in [-0.25, -0.2) is 4.39 Å². The highest BCUT2D eigenvalue weighted by atomic mass is 19.1. The summed E-state index contributed by atoms with van der Waals surface area (Å²) in [6, 6.07) is 13.6. The number of halogens is 1.